The van der Waals surface area contributed by atoms with Crippen LogP contribution in [0.15, 0.2) is 41.6 Å². The van der Waals surface area contributed by atoms with E-state index >= 15 is 0 Å². The monoisotopic (exact) mass is 312 g/mol. The number of halogens is 2. The molecule has 2 rings (SSSR count). The molecular weight excluding hydrogens is 302 g/mol. The van der Waals surface area contributed by atoms with Gasteiger partial charge >= 0.3 is 0 Å². The van der Waals surface area contributed by atoms with Gasteiger partial charge in [-0.3, -0.25) is 4.79 Å². The van der Waals surface area contributed by atoms with Crippen molar-refractivity contribution in [3.63, 3.8) is 0 Å². The highest BCUT2D eigenvalue weighted by Gasteiger charge is 2.12. The molecule has 1 heterocycles. The van der Waals surface area contributed by atoms with Crippen molar-refractivity contribution >= 4 is 21.4 Å². The molecule has 0 unspecified atom stereocenters. The molecule has 1 N–H and O–H groups in total. The predicted octanol–water partition coefficient (Wildman–Crippen LogP) is 2.02. The largest absolute Gasteiger partial charge is 0.321 e. The Labute approximate surface area is 119 Å². The SMILES string of the molecule is CS(=O)(=O)c1ccc(NC(=O)c2ccc(F)c(F)c2)cn1. The Morgan fingerprint density at radius 2 is 1.86 bits per heavy atom. The minimum absolute atomic E-state index is 0.0684. The molecule has 0 saturated heterocycles. The minimum atomic E-state index is -3.43. The first kappa shape index (κ1) is 15.0. The van der Waals surface area contributed by atoms with Gasteiger partial charge in [-0.1, -0.05) is 0 Å². The summed E-state index contributed by atoms with van der Waals surface area (Å²) in [6.07, 6.45) is 2.17. The molecule has 8 heteroatoms. The van der Waals surface area contributed by atoms with Crippen LogP contribution in [-0.4, -0.2) is 25.6 Å². The van der Waals surface area contributed by atoms with Crippen molar-refractivity contribution in [2.45, 2.75) is 5.03 Å². The highest BCUT2D eigenvalue weighted by Crippen LogP contribution is 2.13. The van der Waals surface area contributed by atoms with Crippen LogP contribution in [0.3, 0.4) is 0 Å². The zero-order chi connectivity index (χ0) is 15.6. The maximum atomic E-state index is 13.0. The number of carbonyl (C=O) groups excluding carboxylic acids is 1. The molecule has 2 aromatic rings. The van der Waals surface area contributed by atoms with Crippen LogP contribution in [0.25, 0.3) is 0 Å². The van der Waals surface area contributed by atoms with Crippen molar-refractivity contribution in [1.82, 2.24) is 4.98 Å². The summed E-state index contributed by atoms with van der Waals surface area (Å²) in [5, 5.41) is 2.27. The fourth-order valence-electron chi connectivity index (χ4n) is 1.51. The molecule has 0 aliphatic heterocycles. The number of aromatic nitrogens is 1. The summed E-state index contributed by atoms with van der Waals surface area (Å²) >= 11 is 0. The lowest BCUT2D eigenvalue weighted by atomic mass is 10.2. The average molecular weight is 312 g/mol. The molecule has 0 fully saturated rings. The molecular formula is C13H10F2N2O3S. The van der Waals surface area contributed by atoms with E-state index in [1.807, 2.05) is 0 Å². The molecule has 1 aromatic heterocycles. The third kappa shape index (κ3) is 3.60. The first-order valence-electron chi connectivity index (χ1n) is 5.70. The molecule has 0 bridgehead atoms. The number of hydrogen-bond donors (Lipinski definition) is 1. The second-order valence-corrected chi connectivity index (χ2v) is 6.20. The maximum Gasteiger partial charge on any atom is 0.255 e. The summed E-state index contributed by atoms with van der Waals surface area (Å²) in [5.41, 5.74) is 0.165. The highest BCUT2D eigenvalue weighted by atomic mass is 32.2. The topological polar surface area (TPSA) is 76.1 Å². The number of anilines is 1. The van der Waals surface area contributed by atoms with Crippen molar-refractivity contribution in [2.24, 2.45) is 0 Å². The van der Waals surface area contributed by atoms with Gasteiger partial charge in [0.1, 0.15) is 0 Å². The fourth-order valence-corrected chi connectivity index (χ4v) is 2.07. The number of nitrogens with one attached hydrogen (secondary N) is 1. The third-order valence-corrected chi connectivity index (χ3v) is 3.56. The Kier molecular flexibility index (Phi) is 3.99. The lowest BCUT2D eigenvalue weighted by Crippen LogP contribution is -2.13. The van der Waals surface area contributed by atoms with Gasteiger partial charge in [0, 0.05) is 11.8 Å². The lowest BCUT2D eigenvalue weighted by molar-refractivity contribution is 0.102. The Bertz CT molecular complexity index is 790. The van der Waals surface area contributed by atoms with Crippen LogP contribution < -0.4 is 5.32 Å². The summed E-state index contributed by atoms with van der Waals surface area (Å²) in [5.74, 6) is -2.85. The number of hydrogen-bond acceptors (Lipinski definition) is 4. The van der Waals surface area contributed by atoms with Crippen LogP contribution in [0.5, 0.6) is 0 Å². The summed E-state index contributed by atoms with van der Waals surface area (Å²) in [7, 11) is -3.43. The first-order valence-corrected chi connectivity index (χ1v) is 7.59. The number of nitrogens with zero attached hydrogens (tertiary/aromatic N) is 1. The van der Waals surface area contributed by atoms with E-state index in [4.69, 9.17) is 0 Å². The number of rotatable bonds is 3. The zero-order valence-electron chi connectivity index (χ0n) is 10.8. The number of benzene rings is 1. The highest BCUT2D eigenvalue weighted by molar-refractivity contribution is 7.90. The molecule has 1 amide bonds. The van der Waals surface area contributed by atoms with Gasteiger partial charge in [-0.05, 0) is 30.3 Å². The first-order chi connectivity index (χ1) is 9.77. The van der Waals surface area contributed by atoms with Crippen molar-refractivity contribution in [2.75, 3.05) is 11.6 Å². The Hall–Kier alpha value is -2.35. The second kappa shape index (κ2) is 5.57. The summed E-state index contributed by atoms with van der Waals surface area (Å²) in [6, 6.07) is 5.32. The van der Waals surface area contributed by atoms with Crippen LogP contribution in [-0.2, 0) is 9.84 Å². The summed E-state index contributed by atoms with van der Waals surface area (Å²) < 4.78 is 48.3. The van der Waals surface area contributed by atoms with Gasteiger partial charge in [0.2, 0.25) is 0 Å². The molecule has 1 aromatic carbocycles. The molecule has 110 valence electrons. The molecule has 0 aliphatic rings. The van der Waals surface area contributed by atoms with E-state index in [1.54, 1.807) is 0 Å². The third-order valence-electron chi connectivity index (χ3n) is 2.56. The Morgan fingerprint density at radius 1 is 1.14 bits per heavy atom. The van der Waals surface area contributed by atoms with Crippen LogP contribution in [0.4, 0.5) is 14.5 Å². The second-order valence-electron chi connectivity index (χ2n) is 4.24. The van der Waals surface area contributed by atoms with Crippen molar-refractivity contribution in [1.29, 1.82) is 0 Å². The maximum absolute atomic E-state index is 13.0. The van der Waals surface area contributed by atoms with Gasteiger partial charge in [0.05, 0.1) is 11.9 Å². The minimum Gasteiger partial charge on any atom is -0.321 e. The number of sulfone groups is 1. The van der Waals surface area contributed by atoms with Gasteiger partial charge in [-0.2, -0.15) is 0 Å². The number of amides is 1. The molecule has 0 aliphatic carbocycles. The van der Waals surface area contributed by atoms with Gasteiger partial charge < -0.3 is 5.32 Å². The van der Waals surface area contributed by atoms with E-state index in [0.29, 0.717) is 0 Å². The van der Waals surface area contributed by atoms with E-state index in [2.05, 4.69) is 10.3 Å². The smallest absolute Gasteiger partial charge is 0.255 e. The number of carbonyl (C=O) groups is 1. The van der Waals surface area contributed by atoms with Crippen LogP contribution in [0.2, 0.25) is 0 Å². The molecule has 0 radical (unpaired) electrons. The van der Waals surface area contributed by atoms with Gasteiger partial charge in [0.25, 0.3) is 5.91 Å². The summed E-state index contributed by atoms with van der Waals surface area (Å²) in [6.45, 7) is 0. The van der Waals surface area contributed by atoms with Crippen molar-refractivity contribution < 1.29 is 22.0 Å². The quantitative estimate of drug-likeness (QED) is 0.940. The fraction of sp³-hybridized carbons (Fsp3) is 0.0769. The standard InChI is InChI=1S/C13H10F2N2O3S/c1-21(19,20)12-5-3-9(7-16-12)17-13(18)8-2-4-10(14)11(15)6-8/h2-7H,1H3,(H,17,18). The van der Waals surface area contributed by atoms with Crippen LogP contribution in [0, 0.1) is 11.6 Å². The van der Waals surface area contributed by atoms with Gasteiger partial charge in [-0.25, -0.2) is 22.2 Å². The van der Waals surface area contributed by atoms with E-state index in [1.165, 1.54) is 12.1 Å². The van der Waals surface area contributed by atoms with Crippen molar-refractivity contribution in [3.05, 3.63) is 53.7 Å². The van der Waals surface area contributed by atoms with Gasteiger partial charge in [-0.15, -0.1) is 0 Å². The van der Waals surface area contributed by atoms with Crippen LogP contribution in [0.1, 0.15) is 10.4 Å². The molecule has 0 saturated carbocycles. The van der Waals surface area contributed by atoms with E-state index in [-0.39, 0.29) is 16.3 Å². The summed E-state index contributed by atoms with van der Waals surface area (Å²) in [4.78, 5) is 15.5. The Balaban J connectivity index is 2.18. The average Bonchev–Trinajstić information content (AvgIpc) is 2.41. The van der Waals surface area contributed by atoms with Gasteiger partial charge in [0.15, 0.2) is 26.5 Å². The number of pyridine rings is 1. The molecule has 5 nitrogen and oxygen atoms in total. The van der Waals surface area contributed by atoms with E-state index < -0.39 is 27.4 Å². The lowest BCUT2D eigenvalue weighted by Gasteiger charge is -2.06. The Morgan fingerprint density at radius 3 is 2.38 bits per heavy atom. The molecule has 21 heavy (non-hydrogen) atoms. The van der Waals surface area contributed by atoms with E-state index in [9.17, 15) is 22.0 Å². The molecule has 0 atom stereocenters. The van der Waals surface area contributed by atoms with Crippen molar-refractivity contribution in [3.8, 4) is 0 Å². The molecule has 0 spiro atoms. The van der Waals surface area contributed by atoms with Crippen LogP contribution >= 0.6 is 0 Å². The normalized spacial score (nSPS) is 11.2. The predicted molar refractivity (Wildman–Crippen MR) is 71.7 cm³/mol. The zero-order valence-corrected chi connectivity index (χ0v) is 11.6. The van der Waals surface area contributed by atoms with E-state index in [0.717, 1.165) is 30.7 Å².